The Morgan fingerprint density at radius 1 is 1.12 bits per heavy atom. The average molecular weight is 342 g/mol. The molecule has 0 saturated heterocycles. The topological polar surface area (TPSA) is 68.1 Å². The minimum absolute atomic E-state index is 0.0151. The lowest BCUT2D eigenvalue weighted by atomic mass is 10.1. The van der Waals surface area contributed by atoms with Gasteiger partial charge in [0, 0.05) is 18.4 Å². The Kier molecular flexibility index (Phi) is 4.53. The summed E-state index contributed by atoms with van der Waals surface area (Å²) < 4.78 is 1.61. The van der Waals surface area contributed by atoms with Gasteiger partial charge >= 0.3 is 0 Å². The van der Waals surface area contributed by atoms with Gasteiger partial charge in [-0.05, 0) is 18.7 Å². The molecule has 1 aliphatic rings. The maximum Gasteiger partial charge on any atom is 0.246 e. The monoisotopic (exact) mass is 342 g/mol. The molecule has 1 aromatic carbocycles. The van der Waals surface area contributed by atoms with Crippen LogP contribution in [0.5, 0.6) is 0 Å². The van der Waals surface area contributed by atoms with E-state index < -0.39 is 0 Å². The van der Waals surface area contributed by atoms with E-state index in [-0.39, 0.29) is 11.7 Å². The Labute approximate surface area is 144 Å². The number of aromatic nitrogens is 3. The van der Waals surface area contributed by atoms with Crippen molar-refractivity contribution in [2.24, 2.45) is 0 Å². The fourth-order valence-electron chi connectivity index (χ4n) is 2.48. The summed E-state index contributed by atoms with van der Waals surface area (Å²) in [6.45, 7) is 5.61. The smallest absolute Gasteiger partial charge is 0.246 e. The second-order valence-corrected chi connectivity index (χ2v) is 6.42. The predicted octanol–water partition coefficient (Wildman–Crippen LogP) is 2.91. The quantitative estimate of drug-likeness (QED) is 0.854. The summed E-state index contributed by atoms with van der Waals surface area (Å²) in [5.41, 5.74) is 2.54. The van der Waals surface area contributed by atoms with Crippen LogP contribution in [-0.2, 0) is 9.59 Å². The third-order valence-electron chi connectivity index (χ3n) is 3.77. The van der Waals surface area contributed by atoms with Gasteiger partial charge in [0.05, 0.1) is 10.6 Å². The molecule has 0 saturated carbocycles. The van der Waals surface area contributed by atoms with Gasteiger partial charge in [-0.2, -0.15) is 0 Å². The minimum atomic E-state index is -0.117. The number of carbonyl (C=O) groups excluding carboxylic acids is 2. The highest BCUT2D eigenvalue weighted by Crippen LogP contribution is 2.39. The second kappa shape index (κ2) is 6.60. The van der Waals surface area contributed by atoms with Crippen molar-refractivity contribution in [2.75, 3.05) is 5.01 Å². The Morgan fingerprint density at radius 2 is 1.83 bits per heavy atom. The van der Waals surface area contributed by atoms with E-state index in [1.165, 1.54) is 23.1 Å². The van der Waals surface area contributed by atoms with Gasteiger partial charge in [-0.25, -0.2) is 9.69 Å². The van der Waals surface area contributed by atoms with Crippen LogP contribution in [0, 0.1) is 6.92 Å². The van der Waals surface area contributed by atoms with E-state index in [1.807, 2.05) is 38.1 Å². The lowest BCUT2D eigenvalue weighted by molar-refractivity contribution is -0.119. The van der Waals surface area contributed by atoms with E-state index >= 15 is 0 Å². The van der Waals surface area contributed by atoms with Crippen molar-refractivity contribution in [3.63, 3.8) is 0 Å². The number of rotatable bonds is 4. The van der Waals surface area contributed by atoms with Gasteiger partial charge in [-0.15, -0.1) is 10.2 Å². The maximum absolute atomic E-state index is 12.6. The van der Waals surface area contributed by atoms with Crippen LogP contribution in [0.1, 0.15) is 37.8 Å². The van der Waals surface area contributed by atoms with Gasteiger partial charge in [-0.3, -0.25) is 9.59 Å². The van der Waals surface area contributed by atoms with E-state index in [4.69, 9.17) is 0 Å². The SMILES string of the molecule is CCC(=O)C1=C(c2ccc(C)cc2)N(C(=O)CC)n2cnnc2S1. The molecule has 1 amide bonds. The molecule has 0 atom stereocenters. The molecule has 1 aromatic heterocycles. The first-order valence-corrected chi connectivity index (χ1v) is 8.64. The first-order chi connectivity index (χ1) is 11.6. The molecule has 24 heavy (non-hydrogen) atoms. The summed E-state index contributed by atoms with van der Waals surface area (Å²) in [6.07, 6.45) is 2.17. The zero-order valence-electron chi connectivity index (χ0n) is 13.8. The standard InChI is InChI=1S/C17H18N4O2S/c1-4-13(22)16-15(12-8-6-11(3)7-9-12)21(14(23)5-2)20-10-18-19-17(20)24-16/h6-10H,4-5H2,1-3H3. The molecule has 0 aliphatic carbocycles. The van der Waals surface area contributed by atoms with Crippen molar-refractivity contribution in [1.29, 1.82) is 0 Å². The molecule has 124 valence electrons. The summed E-state index contributed by atoms with van der Waals surface area (Å²) in [5.74, 6) is -0.132. The summed E-state index contributed by atoms with van der Waals surface area (Å²) in [5, 5.41) is 9.95. The fourth-order valence-corrected chi connectivity index (χ4v) is 3.53. The first-order valence-electron chi connectivity index (χ1n) is 7.82. The Hall–Kier alpha value is -2.41. The van der Waals surface area contributed by atoms with Gasteiger partial charge in [0.2, 0.25) is 11.1 Å². The number of amides is 1. The first kappa shape index (κ1) is 16.4. The number of hydrogen-bond donors (Lipinski definition) is 0. The molecule has 0 unspecified atom stereocenters. The molecule has 2 heterocycles. The molecule has 2 aromatic rings. The molecular weight excluding hydrogens is 324 g/mol. The molecule has 0 radical (unpaired) electrons. The van der Waals surface area contributed by atoms with Gasteiger partial charge in [-0.1, -0.05) is 43.7 Å². The molecule has 3 rings (SSSR count). The van der Waals surface area contributed by atoms with Crippen molar-refractivity contribution in [3.8, 4) is 0 Å². The molecule has 0 spiro atoms. The maximum atomic E-state index is 12.6. The van der Waals surface area contributed by atoms with Crippen molar-refractivity contribution >= 4 is 29.1 Å². The number of thioether (sulfide) groups is 1. The largest absolute Gasteiger partial charge is 0.294 e. The van der Waals surface area contributed by atoms with Crippen LogP contribution in [0.2, 0.25) is 0 Å². The van der Waals surface area contributed by atoms with Crippen molar-refractivity contribution in [1.82, 2.24) is 14.9 Å². The number of allylic oxidation sites excluding steroid dienone is 1. The van der Waals surface area contributed by atoms with E-state index in [9.17, 15) is 9.59 Å². The number of hydrogen-bond acceptors (Lipinski definition) is 5. The minimum Gasteiger partial charge on any atom is -0.294 e. The third-order valence-corrected chi connectivity index (χ3v) is 4.85. The number of Topliss-reactive ketones (excluding diaryl/α,β-unsaturated/α-hetero) is 1. The van der Waals surface area contributed by atoms with Crippen LogP contribution in [0.3, 0.4) is 0 Å². The van der Waals surface area contributed by atoms with Crippen LogP contribution in [0.4, 0.5) is 0 Å². The van der Waals surface area contributed by atoms with Gasteiger partial charge in [0.25, 0.3) is 0 Å². The number of carbonyl (C=O) groups is 2. The average Bonchev–Trinajstić information content (AvgIpc) is 3.07. The van der Waals surface area contributed by atoms with E-state index in [2.05, 4.69) is 10.2 Å². The van der Waals surface area contributed by atoms with Gasteiger partial charge < -0.3 is 0 Å². The summed E-state index contributed by atoms with van der Waals surface area (Å²) in [6, 6.07) is 7.80. The molecule has 1 aliphatic heterocycles. The molecule has 0 bridgehead atoms. The number of ketones is 1. The zero-order valence-corrected chi connectivity index (χ0v) is 14.6. The lowest BCUT2D eigenvalue weighted by Crippen LogP contribution is -2.41. The third kappa shape index (κ3) is 2.75. The normalized spacial score (nSPS) is 13.9. The van der Waals surface area contributed by atoms with E-state index in [0.717, 1.165) is 11.1 Å². The summed E-state index contributed by atoms with van der Waals surface area (Å²) in [7, 11) is 0. The van der Waals surface area contributed by atoms with Crippen LogP contribution in [0.25, 0.3) is 5.70 Å². The Bertz CT molecular complexity index is 823. The zero-order chi connectivity index (χ0) is 17.3. The Morgan fingerprint density at radius 3 is 2.46 bits per heavy atom. The summed E-state index contributed by atoms with van der Waals surface area (Å²) in [4.78, 5) is 25.7. The fraction of sp³-hybridized carbons (Fsp3) is 0.294. The Balaban J connectivity index is 2.25. The molecule has 0 fully saturated rings. The number of aryl methyl sites for hydroxylation is 1. The highest BCUT2D eigenvalue weighted by atomic mass is 32.2. The summed E-state index contributed by atoms with van der Waals surface area (Å²) >= 11 is 1.26. The molecular formula is C17H18N4O2S. The van der Waals surface area contributed by atoms with E-state index in [1.54, 1.807) is 11.6 Å². The van der Waals surface area contributed by atoms with Crippen molar-refractivity contribution in [3.05, 3.63) is 46.6 Å². The van der Waals surface area contributed by atoms with Crippen LogP contribution < -0.4 is 5.01 Å². The van der Waals surface area contributed by atoms with Crippen LogP contribution in [-0.4, -0.2) is 26.6 Å². The number of fused-ring (bicyclic) bond motifs is 1. The van der Waals surface area contributed by atoms with Gasteiger partial charge in [0.15, 0.2) is 5.78 Å². The predicted molar refractivity (Wildman–Crippen MR) is 92.8 cm³/mol. The van der Waals surface area contributed by atoms with Gasteiger partial charge in [0.1, 0.15) is 6.33 Å². The molecule has 7 heteroatoms. The second-order valence-electron chi connectivity index (χ2n) is 5.44. The van der Waals surface area contributed by atoms with Crippen LogP contribution >= 0.6 is 11.8 Å². The van der Waals surface area contributed by atoms with E-state index in [0.29, 0.717) is 28.6 Å². The molecule has 0 N–H and O–H groups in total. The highest BCUT2D eigenvalue weighted by Gasteiger charge is 2.33. The van der Waals surface area contributed by atoms with Crippen LogP contribution in [0.15, 0.2) is 40.7 Å². The lowest BCUT2D eigenvalue weighted by Gasteiger charge is -2.31. The van der Waals surface area contributed by atoms with Crippen molar-refractivity contribution < 1.29 is 9.59 Å². The number of benzene rings is 1. The van der Waals surface area contributed by atoms with Crippen molar-refractivity contribution in [2.45, 2.75) is 38.8 Å². The number of nitrogens with zero attached hydrogens (tertiary/aromatic N) is 4. The highest BCUT2D eigenvalue weighted by molar-refractivity contribution is 8.04. The molecule has 6 nitrogen and oxygen atoms in total.